The lowest BCUT2D eigenvalue weighted by molar-refractivity contribution is 0.211. The van der Waals surface area contributed by atoms with E-state index in [9.17, 15) is 4.39 Å². The number of hydrogen-bond donors (Lipinski definition) is 1. The molecule has 0 bridgehead atoms. The van der Waals surface area contributed by atoms with Crippen LogP contribution in [0.3, 0.4) is 0 Å². The molecule has 1 fully saturated rings. The van der Waals surface area contributed by atoms with Gasteiger partial charge in [0.25, 0.3) is 0 Å². The molecule has 1 aliphatic rings. The predicted octanol–water partition coefficient (Wildman–Crippen LogP) is 3.21. The fourth-order valence-corrected chi connectivity index (χ4v) is 2.72. The first-order valence-electron chi connectivity index (χ1n) is 7.32. The first-order valence-corrected chi connectivity index (χ1v) is 7.32. The van der Waals surface area contributed by atoms with Crippen LogP contribution in [0.2, 0.25) is 0 Å². The van der Waals surface area contributed by atoms with Crippen LogP contribution in [0.25, 0.3) is 0 Å². The van der Waals surface area contributed by atoms with Crippen LogP contribution >= 0.6 is 0 Å². The second-order valence-electron chi connectivity index (χ2n) is 5.76. The van der Waals surface area contributed by atoms with Crippen LogP contribution in [0.1, 0.15) is 37.8 Å². The molecule has 0 spiro atoms. The van der Waals surface area contributed by atoms with Gasteiger partial charge in [0.15, 0.2) is 0 Å². The van der Waals surface area contributed by atoms with Crippen molar-refractivity contribution in [3.8, 4) is 0 Å². The lowest BCUT2D eigenvalue weighted by Gasteiger charge is -2.29. The highest BCUT2D eigenvalue weighted by Gasteiger charge is 2.16. The number of nitrogens with zero attached hydrogens (tertiary/aromatic N) is 1. The molecule has 2 rings (SSSR count). The van der Waals surface area contributed by atoms with Crippen molar-refractivity contribution in [1.29, 1.82) is 0 Å². The van der Waals surface area contributed by atoms with Crippen LogP contribution < -0.4 is 5.32 Å². The van der Waals surface area contributed by atoms with Gasteiger partial charge in [-0.3, -0.25) is 0 Å². The smallest absolute Gasteiger partial charge is 0.123 e. The Hall–Kier alpha value is -0.930. The monoisotopic (exact) mass is 264 g/mol. The number of likely N-dealkylation sites (tertiary alicyclic amines) is 1. The van der Waals surface area contributed by atoms with Gasteiger partial charge in [0, 0.05) is 6.04 Å². The highest BCUT2D eigenvalue weighted by molar-refractivity contribution is 5.19. The van der Waals surface area contributed by atoms with Crippen molar-refractivity contribution in [3.05, 3.63) is 35.6 Å². The van der Waals surface area contributed by atoms with E-state index in [1.54, 1.807) is 0 Å². The van der Waals surface area contributed by atoms with Gasteiger partial charge in [-0.2, -0.15) is 0 Å². The number of hydrogen-bond acceptors (Lipinski definition) is 2. The fraction of sp³-hybridized carbons (Fsp3) is 0.625. The zero-order valence-electron chi connectivity index (χ0n) is 12.0. The molecule has 1 aromatic carbocycles. The maximum absolute atomic E-state index is 12.9. The van der Waals surface area contributed by atoms with E-state index in [0.717, 1.165) is 18.0 Å². The Morgan fingerprint density at radius 1 is 1.26 bits per heavy atom. The van der Waals surface area contributed by atoms with Crippen molar-refractivity contribution >= 4 is 0 Å². The van der Waals surface area contributed by atoms with Crippen molar-refractivity contribution < 1.29 is 4.39 Å². The SMILES string of the molecule is CC(NCCC1CCN(C)CC1)c1ccc(F)cc1. The second-order valence-corrected chi connectivity index (χ2v) is 5.76. The average Bonchev–Trinajstić information content (AvgIpc) is 2.41. The van der Waals surface area contributed by atoms with Crippen LogP contribution in [0.5, 0.6) is 0 Å². The first kappa shape index (κ1) is 14.5. The molecule has 19 heavy (non-hydrogen) atoms. The molecule has 1 aromatic rings. The lowest BCUT2D eigenvalue weighted by atomic mass is 9.93. The molecule has 1 saturated heterocycles. The van der Waals surface area contributed by atoms with Crippen molar-refractivity contribution in [3.63, 3.8) is 0 Å². The van der Waals surface area contributed by atoms with Crippen molar-refractivity contribution in [2.75, 3.05) is 26.7 Å². The summed E-state index contributed by atoms with van der Waals surface area (Å²) in [6.07, 6.45) is 3.89. The molecule has 0 saturated carbocycles. The molecular formula is C16H25FN2. The molecule has 3 heteroatoms. The zero-order valence-corrected chi connectivity index (χ0v) is 12.0. The fourth-order valence-electron chi connectivity index (χ4n) is 2.72. The summed E-state index contributed by atoms with van der Waals surface area (Å²) in [5.41, 5.74) is 1.16. The summed E-state index contributed by atoms with van der Waals surface area (Å²) in [7, 11) is 2.20. The van der Waals surface area contributed by atoms with Gasteiger partial charge in [0.1, 0.15) is 5.82 Å². The Kier molecular flexibility index (Phi) is 5.34. The zero-order chi connectivity index (χ0) is 13.7. The van der Waals surface area contributed by atoms with E-state index in [1.165, 1.54) is 44.5 Å². The Labute approximate surface area is 116 Å². The minimum absolute atomic E-state index is 0.165. The number of halogens is 1. The largest absolute Gasteiger partial charge is 0.310 e. The summed E-state index contributed by atoms with van der Waals surface area (Å²) in [6, 6.07) is 7.09. The van der Waals surface area contributed by atoms with Crippen molar-refractivity contribution in [2.45, 2.75) is 32.2 Å². The van der Waals surface area contributed by atoms with Crippen LogP contribution in [0.15, 0.2) is 24.3 Å². The molecule has 1 heterocycles. The normalized spacial score (nSPS) is 19.5. The first-order chi connectivity index (χ1) is 9.15. The minimum atomic E-state index is -0.165. The van der Waals surface area contributed by atoms with Crippen LogP contribution in [-0.2, 0) is 0 Å². The van der Waals surface area contributed by atoms with Crippen molar-refractivity contribution in [1.82, 2.24) is 10.2 Å². The van der Waals surface area contributed by atoms with Gasteiger partial charge in [-0.05, 0) is 76.5 Å². The van der Waals surface area contributed by atoms with E-state index in [1.807, 2.05) is 12.1 Å². The average molecular weight is 264 g/mol. The Morgan fingerprint density at radius 3 is 2.53 bits per heavy atom. The molecule has 0 radical (unpaired) electrons. The Bertz CT molecular complexity index is 369. The van der Waals surface area contributed by atoms with Crippen LogP contribution in [0, 0.1) is 11.7 Å². The quantitative estimate of drug-likeness (QED) is 0.878. The molecule has 0 aromatic heterocycles. The third kappa shape index (κ3) is 4.59. The van der Waals surface area contributed by atoms with E-state index in [2.05, 4.69) is 24.2 Å². The van der Waals surface area contributed by atoms with Gasteiger partial charge in [-0.25, -0.2) is 4.39 Å². The minimum Gasteiger partial charge on any atom is -0.310 e. The van der Waals surface area contributed by atoms with E-state index in [0.29, 0.717) is 6.04 Å². The van der Waals surface area contributed by atoms with Gasteiger partial charge in [0.2, 0.25) is 0 Å². The molecule has 1 aliphatic heterocycles. The van der Waals surface area contributed by atoms with E-state index < -0.39 is 0 Å². The summed E-state index contributed by atoms with van der Waals surface area (Å²) in [4.78, 5) is 2.41. The van der Waals surface area contributed by atoms with Crippen LogP contribution in [0.4, 0.5) is 4.39 Å². The van der Waals surface area contributed by atoms with E-state index in [4.69, 9.17) is 0 Å². The molecule has 106 valence electrons. The number of benzene rings is 1. The summed E-state index contributed by atoms with van der Waals surface area (Å²) in [5.74, 6) is 0.700. The lowest BCUT2D eigenvalue weighted by Crippen LogP contribution is -2.32. The maximum atomic E-state index is 12.9. The van der Waals surface area contributed by atoms with Crippen molar-refractivity contribution in [2.24, 2.45) is 5.92 Å². The van der Waals surface area contributed by atoms with Gasteiger partial charge >= 0.3 is 0 Å². The van der Waals surface area contributed by atoms with Gasteiger partial charge in [0.05, 0.1) is 0 Å². The molecule has 0 amide bonds. The van der Waals surface area contributed by atoms with E-state index >= 15 is 0 Å². The van der Waals surface area contributed by atoms with Gasteiger partial charge in [-0.15, -0.1) is 0 Å². The standard InChI is InChI=1S/C16H25FN2/c1-13(15-3-5-16(17)6-4-15)18-10-7-14-8-11-19(2)12-9-14/h3-6,13-14,18H,7-12H2,1-2H3. The maximum Gasteiger partial charge on any atom is 0.123 e. The second kappa shape index (κ2) is 7.01. The highest BCUT2D eigenvalue weighted by atomic mass is 19.1. The molecule has 1 atom stereocenters. The third-order valence-corrected chi connectivity index (χ3v) is 4.21. The summed E-state index contributed by atoms with van der Waals surface area (Å²) in [6.45, 7) is 5.66. The number of piperidine rings is 1. The Balaban J connectivity index is 1.69. The third-order valence-electron chi connectivity index (χ3n) is 4.21. The summed E-state index contributed by atoms with van der Waals surface area (Å²) >= 11 is 0. The van der Waals surface area contributed by atoms with E-state index in [-0.39, 0.29) is 5.82 Å². The van der Waals surface area contributed by atoms with Gasteiger partial charge in [-0.1, -0.05) is 12.1 Å². The van der Waals surface area contributed by atoms with Crippen LogP contribution in [-0.4, -0.2) is 31.6 Å². The topological polar surface area (TPSA) is 15.3 Å². The highest BCUT2D eigenvalue weighted by Crippen LogP contribution is 2.19. The van der Waals surface area contributed by atoms with Gasteiger partial charge < -0.3 is 10.2 Å². The molecular weight excluding hydrogens is 239 g/mol. The predicted molar refractivity (Wildman–Crippen MR) is 77.7 cm³/mol. The molecule has 1 N–H and O–H groups in total. The molecule has 2 nitrogen and oxygen atoms in total. The molecule has 1 unspecified atom stereocenters. The summed E-state index contributed by atoms with van der Waals surface area (Å²) < 4.78 is 12.9. The Morgan fingerprint density at radius 2 is 1.89 bits per heavy atom. The molecule has 0 aliphatic carbocycles. The number of nitrogens with one attached hydrogen (secondary N) is 1. The number of rotatable bonds is 5. The summed E-state index contributed by atoms with van der Waals surface area (Å²) in [5, 5.41) is 3.54.